The maximum Gasteiger partial charge on any atom is 0.335 e. The number of nitrogens with one attached hydrogen (secondary N) is 1. The Bertz CT molecular complexity index is 454. The van der Waals surface area contributed by atoms with Gasteiger partial charge >= 0.3 is 5.97 Å². The van der Waals surface area contributed by atoms with Crippen molar-refractivity contribution < 1.29 is 19.4 Å². The zero-order valence-corrected chi connectivity index (χ0v) is 10.7. The quantitative estimate of drug-likeness (QED) is 0.830. The molecule has 0 fully saturated rings. The third-order valence-corrected chi connectivity index (χ3v) is 2.68. The molecule has 98 valence electrons. The number of benzene rings is 1. The van der Waals surface area contributed by atoms with Crippen LogP contribution in [0.15, 0.2) is 24.3 Å². The van der Waals surface area contributed by atoms with Gasteiger partial charge in [0, 0.05) is 13.7 Å². The average molecular weight is 251 g/mol. The molecule has 0 aliphatic carbocycles. The Kier molecular flexibility index (Phi) is 4.44. The lowest BCUT2D eigenvalue weighted by molar-refractivity contribution is -0.139. The van der Waals surface area contributed by atoms with Crippen LogP contribution in [-0.2, 0) is 16.1 Å². The number of carbonyl (C=O) groups is 2. The second kappa shape index (κ2) is 5.64. The van der Waals surface area contributed by atoms with Gasteiger partial charge in [-0.05, 0) is 31.5 Å². The molecule has 2 N–H and O–H groups in total. The molecular weight excluding hydrogens is 234 g/mol. The van der Waals surface area contributed by atoms with E-state index in [-0.39, 0.29) is 18.0 Å². The summed E-state index contributed by atoms with van der Waals surface area (Å²) in [7, 11) is 1.46. The van der Waals surface area contributed by atoms with Gasteiger partial charge in [0.1, 0.15) is 5.60 Å². The molecule has 1 amide bonds. The minimum Gasteiger partial charge on any atom is -0.478 e. The Balaban J connectivity index is 2.67. The molecule has 5 heteroatoms. The summed E-state index contributed by atoms with van der Waals surface area (Å²) in [4.78, 5) is 22.5. The summed E-state index contributed by atoms with van der Waals surface area (Å²) in [5.74, 6) is -1.23. The van der Waals surface area contributed by atoms with Gasteiger partial charge in [0.25, 0.3) is 5.91 Å². The highest BCUT2D eigenvalue weighted by Crippen LogP contribution is 2.09. The molecule has 0 bridgehead atoms. The summed E-state index contributed by atoms with van der Waals surface area (Å²) >= 11 is 0. The fourth-order valence-corrected chi connectivity index (χ4v) is 1.30. The number of hydrogen-bond acceptors (Lipinski definition) is 3. The van der Waals surface area contributed by atoms with E-state index < -0.39 is 11.6 Å². The van der Waals surface area contributed by atoms with Crippen molar-refractivity contribution in [2.24, 2.45) is 0 Å². The van der Waals surface area contributed by atoms with E-state index in [0.717, 1.165) is 5.56 Å². The van der Waals surface area contributed by atoms with Crippen molar-refractivity contribution in [1.29, 1.82) is 0 Å². The zero-order chi connectivity index (χ0) is 13.8. The van der Waals surface area contributed by atoms with Gasteiger partial charge in [-0.3, -0.25) is 4.79 Å². The zero-order valence-electron chi connectivity index (χ0n) is 10.7. The van der Waals surface area contributed by atoms with E-state index in [1.165, 1.54) is 19.2 Å². The Hall–Kier alpha value is -1.88. The van der Waals surface area contributed by atoms with E-state index in [1.807, 2.05) is 0 Å². The fourth-order valence-electron chi connectivity index (χ4n) is 1.30. The molecule has 0 atom stereocenters. The van der Waals surface area contributed by atoms with Crippen molar-refractivity contribution in [3.63, 3.8) is 0 Å². The van der Waals surface area contributed by atoms with E-state index in [0.29, 0.717) is 0 Å². The van der Waals surface area contributed by atoms with Gasteiger partial charge in [-0.25, -0.2) is 4.79 Å². The molecule has 0 aliphatic rings. The highest BCUT2D eigenvalue weighted by atomic mass is 16.5. The summed E-state index contributed by atoms with van der Waals surface area (Å²) in [6, 6.07) is 6.44. The first-order valence-electron chi connectivity index (χ1n) is 5.52. The monoisotopic (exact) mass is 251 g/mol. The Morgan fingerprint density at radius 2 is 2.06 bits per heavy atom. The summed E-state index contributed by atoms with van der Waals surface area (Å²) in [6.07, 6.45) is 0. The molecule has 0 saturated heterocycles. The summed E-state index contributed by atoms with van der Waals surface area (Å²) < 4.78 is 5.04. The predicted molar refractivity (Wildman–Crippen MR) is 66.3 cm³/mol. The summed E-state index contributed by atoms with van der Waals surface area (Å²) in [6.45, 7) is 3.60. The van der Waals surface area contributed by atoms with Crippen LogP contribution in [-0.4, -0.2) is 29.7 Å². The molecule has 1 rings (SSSR count). The van der Waals surface area contributed by atoms with Crippen molar-refractivity contribution in [1.82, 2.24) is 5.32 Å². The average Bonchev–Trinajstić information content (AvgIpc) is 2.36. The number of carboxylic acid groups (broad SMARTS) is 1. The second-order valence-electron chi connectivity index (χ2n) is 4.40. The van der Waals surface area contributed by atoms with Crippen LogP contribution in [0.2, 0.25) is 0 Å². The molecule has 0 aromatic heterocycles. The predicted octanol–water partition coefficient (Wildman–Crippen LogP) is 1.43. The standard InChI is InChI=1S/C13H17NO4/c1-13(2,18-3)12(17)14-8-9-5-4-6-10(7-9)11(15)16/h4-7H,8H2,1-3H3,(H,14,17)(H,15,16). The van der Waals surface area contributed by atoms with Gasteiger partial charge in [0.15, 0.2) is 0 Å². The highest BCUT2D eigenvalue weighted by molar-refractivity contribution is 5.88. The van der Waals surface area contributed by atoms with Crippen molar-refractivity contribution in [2.45, 2.75) is 26.0 Å². The number of aromatic carboxylic acids is 1. The van der Waals surface area contributed by atoms with Crippen LogP contribution < -0.4 is 5.32 Å². The van der Waals surface area contributed by atoms with Crippen molar-refractivity contribution in [2.75, 3.05) is 7.11 Å². The first-order valence-corrected chi connectivity index (χ1v) is 5.52. The number of carbonyl (C=O) groups excluding carboxylic acids is 1. The topological polar surface area (TPSA) is 75.6 Å². The van der Waals surface area contributed by atoms with E-state index in [1.54, 1.807) is 26.0 Å². The van der Waals surface area contributed by atoms with Crippen LogP contribution >= 0.6 is 0 Å². The fraction of sp³-hybridized carbons (Fsp3) is 0.385. The Morgan fingerprint density at radius 1 is 1.39 bits per heavy atom. The van der Waals surface area contributed by atoms with Crippen molar-refractivity contribution >= 4 is 11.9 Å². The van der Waals surface area contributed by atoms with Crippen LogP contribution in [0.3, 0.4) is 0 Å². The SMILES string of the molecule is COC(C)(C)C(=O)NCc1cccc(C(=O)O)c1. The van der Waals surface area contributed by atoms with Gasteiger partial charge in [-0.1, -0.05) is 12.1 Å². The van der Waals surface area contributed by atoms with Crippen LogP contribution in [0.5, 0.6) is 0 Å². The molecule has 0 radical (unpaired) electrons. The Morgan fingerprint density at radius 3 is 2.61 bits per heavy atom. The Labute approximate surface area is 106 Å². The third kappa shape index (κ3) is 3.56. The molecule has 0 unspecified atom stereocenters. The number of ether oxygens (including phenoxy) is 1. The smallest absolute Gasteiger partial charge is 0.335 e. The number of hydrogen-bond donors (Lipinski definition) is 2. The first kappa shape index (κ1) is 14.2. The maximum absolute atomic E-state index is 11.7. The largest absolute Gasteiger partial charge is 0.478 e. The third-order valence-electron chi connectivity index (χ3n) is 2.68. The lowest BCUT2D eigenvalue weighted by Gasteiger charge is -2.21. The van der Waals surface area contributed by atoms with Crippen molar-refractivity contribution in [3.05, 3.63) is 35.4 Å². The molecule has 5 nitrogen and oxygen atoms in total. The number of carboxylic acids is 1. The normalized spacial score (nSPS) is 11.1. The molecule has 0 saturated carbocycles. The molecule has 0 aliphatic heterocycles. The van der Waals surface area contributed by atoms with Crippen LogP contribution in [0.4, 0.5) is 0 Å². The van der Waals surface area contributed by atoms with E-state index >= 15 is 0 Å². The molecule has 0 spiro atoms. The van der Waals surface area contributed by atoms with Gasteiger partial charge < -0.3 is 15.2 Å². The van der Waals surface area contributed by atoms with Crippen molar-refractivity contribution in [3.8, 4) is 0 Å². The van der Waals surface area contributed by atoms with Crippen LogP contribution in [0, 0.1) is 0 Å². The number of rotatable bonds is 5. The van der Waals surface area contributed by atoms with Gasteiger partial charge in [-0.2, -0.15) is 0 Å². The molecule has 1 aromatic rings. The first-order chi connectivity index (χ1) is 8.36. The minimum atomic E-state index is -0.986. The minimum absolute atomic E-state index is 0.202. The molecular formula is C13H17NO4. The summed E-state index contributed by atoms with van der Waals surface area (Å²) in [5.41, 5.74) is 0.0348. The summed E-state index contributed by atoms with van der Waals surface area (Å²) in [5, 5.41) is 11.5. The maximum atomic E-state index is 11.7. The van der Waals surface area contributed by atoms with E-state index in [9.17, 15) is 9.59 Å². The van der Waals surface area contributed by atoms with Gasteiger partial charge in [-0.15, -0.1) is 0 Å². The lowest BCUT2D eigenvalue weighted by atomic mass is 10.1. The highest BCUT2D eigenvalue weighted by Gasteiger charge is 2.26. The van der Waals surface area contributed by atoms with Crippen LogP contribution in [0.1, 0.15) is 29.8 Å². The van der Waals surface area contributed by atoms with E-state index in [2.05, 4.69) is 5.32 Å². The number of methoxy groups -OCH3 is 1. The number of amides is 1. The van der Waals surface area contributed by atoms with Gasteiger partial charge in [0.05, 0.1) is 5.56 Å². The molecule has 0 heterocycles. The van der Waals surface area contributed by atoms with E-state index in [4.69, 9.17) is 9.84 Å². The molecule has 18 heavy (non-hydrogen) atoms. The lowest BCUT2D eigenvalue weighted by Crippen LogP contribution is -2.43. The van der Waals surface area contributed by atoms with Crippen LogP contribution in [0.25, 0.3) is 0 Å². The molecule has 1 aromatic carbocycles. The second-order valence-corrected chi connectivity index (χ2v) is 4.40. The van der Waals surface area contributed by atoms with Gasteiger partial charge in [0.2, 0.25) is 0 Å².